The molecule has 2 saturated heterocycles. The second-order valence-electron chi connectivity index (χ2n) is 7.25. The second-order valence-corrected chi connectivity index (χ2v) is 8.19. The van der Waals surface area contributed by atoms with E-state index in [9.17, 15) is 4.79 Å². The van der Waals surface area contributed by atoms with Crippen molar-refractivity contribution in [3.05, 3.63) is 28.0 Å². The number of thiophene rings is 1. The molecular formula is C19H29N3O2S. The van der Waals surface area contributed by atoms with Crippen molar-refractivity contribution >= 4 is 23.3 Å². The molecule has 0 aliphatic carbocycles. The predicted molar refractivity (Wildman–Crippen MR) is 103 cm³/mol. The quantitative estimate of drug-likeness (QED) is 0.810. The Morgan fingerprint density at radius 3 is 2.84 bits per heavy atom. The highest BCUT2D eigenvalue weighted by Crippen LogP contribution is 2.20. The number of nitrogens with zero attached hydrogens (tertiary/aromatic N) is 3. The SMILES string of the molecule is CN1CCN(CC2CCCN(C(=O)C=Cc3cc(CO)cs3)C2)CC1. The number of rotatable bonds is 5. The minimum atomic E-state index is 0.0540. The zero-order valence-electron chi connectivity index (χ0n) is 15.1. The third kappa shape index (κ3) is 5.38. The number of piperazine rings is 1. The lowest BCUT2D eigenvalue weighted by Crippen LogP contribution is -2.49. The van der Waals surface area contributed by atoms with E-state index in [4.69, 9.17) is 5.11 Å². The van der Waals surface area contributed by atoms with E-state index in [-0.39, 0.29) is 12.5 Å². The molecule has 1 N–H and O–H groups in total. The molecular weight excluding hydrogens is 334 g/mol. The van der Waals surface area contributed by atoms with Crippen LogP contribution in [0.3, 0.4) is 0 Å². The van der Waals surface area contributed by atoms with Crippen molar-refractivity contribution in [3.63, 3.8) is 0 Å². The lowest BCUT2D eigenvalue weighted by atomic mass is 9.97. The summed E-state index contributed by atoms with van der Waals surface area (Å²) in [5.41, 5.74) is 0.905. The smallest absolute Gasteiger partial charge is 0.246 e. The van der Waals surface area contributed by atoms with Crippen LogP contribution in [0.2, 0.25) is 0 Å². The summed E-state index contributed by atoms with van der Waals surface area (Å²) in [6.45, 7) is 7.50. The van der Waals surface area contributed by atoms with Gasteiger partial charge in [0.1, 0.15) is 0 Å². The molecule has 3 rings (SSSR count). The normalized spacial score (nSPS) is 23.4. The summed E-state index contributed by atoms with van der Waals surface area (Å²) in [5.74, 6) is 0.708. The van der Waals surface area contributed by atoms with Gasteiger partial charge in [-0.2, -0.15) is 0 Å². The molecule has 1 amide bonds. The first-order valence-electron chi connectivity index (χ1n) is 9.20. The minimum Gasteiger partial charge on any atom is -0.392 e. The topological polar surface area (TPSA) is 47.0 Å². The Labute approximate surface area is 154 Å². The van der Waals surface area contributed by atoms with Gasteiger partial charge in [0.15, 0.2) is 0 Å². The summed E-state index contributed by atoms with van der Waals surface area (Å²) >= 11 is 1.56. The molecule has 0 radical (unpaired) electrons. The lowest BCUT2D eigenvalue weighted by molar-refractivity contribution is -0.127. The summed E-state index contributed by atoms with van der Waals surface area (Å²) < 4.78 is 0. The van der Waals surface area contributed by atoms with E-state index in [0.29, 0.717) is 5.92 Å². The van der Waals surface area contributed by atoms with Gasteiger partial charge in [0.05, 0.1) is 6.61 Å². The molecule has 5 nitrogen and oxygen atoms in total. The fourth-order valence-electron chi connectivity index (χ4n) is 3.63. The molecule has 6 heteroatoms. The average Bonchev–Trinajstić information content (AvgIpc) is 3.10. The van der Waals surface area contributed by atoms with Crippen LogP contribution < -0.4 is 0 Å². The Morgan fingerprint density at radius 2 is 2.12 bits per heavy atom. The van der Waals surface area contributed by atoms with Gasteiger partial charge in [0.25, 0.3) is 0 Å². The van der Waals surface area contributed by atoms with Gasteiger partial charge in [0.2, 0.25) is 5.91 Å². The van der Waals surface area contributed by atoms with Crippen LogP contribution >= 0.6 is 11.3 Å². The van der Waals surface area contributed by atoms with Crippen LogP contribution in [-0.2, 0) is 11.4 Å². The Bertz CT molecular complexity index is 593. The molecule has 0 saturated carbocycles. The van der Waals surface area contributed by atoms with Crippen LogP contribution in [0.5, 0.6) is 0 Å². The van der Waals surface area contributed by atoms with E-state index in [1.54, 1.807) is 17.4 Å². The number of carbonyl (C=O) groups is 1. The molecule has 2 aliphatic rings. The molecule has 1 aromatic rings. The first-order valence-corrected chi connectivity index (χ1v) is 10.1. The van der Waals surface area contributed by atoms with E-state index < -0.39 is 0 Å². The summed E-state index contributed by atoms with van der Waals surface area (Å²) in [6.07, 6.45) is 5.89. The number of aliphatic hydroxyl groups excluding tert-OH is 1. The summed E-state index contributed by atoms with van der Waals surface area (Å²) in [4.78, 5) is 20.5. The molecule has 2 fully saturated rings. The van der Waals surface area contributed by atoms with E-state index in [1.807, 2.05) is 22.4 Å². The predicted octanol–water partition coefficient (Wildman–Crippen LogP) is 1.74. The highest BCUT2D eigenvalue weighted by molar-refractivity contribution is 7.11. The van der Waals surface area contributed by atoms with Gasteiger partial charge in [0, 0.05) is 56.8 Å². The molecule has 0 aromatic carbocycles. The van der Waals surface area contributed by atoms with Crippen molar-refractivity contribution in [1.29, 1.82) is 0 Å². The summed E-state index contributed by atoms with van der Waals surface area (Å²) in [5, 5.41) is 11.0. The highest BCUT2D eigenvalue weighted by Gasteiger charge is 2.25. The van der Waals surface area contributed by atoms with Gasteiger partial charge in [-0.3, -0.25) is 4.79 Å². The standard InChI is InChI=1S/C19H29N3O2S/c1-20-7-9-21(10-8-20)12-16-3-2-6-22(13-16)19(24)5-4-18-11-17(14-23)15-25-18/h4-5,11,15-16,23H,2-3,6-10,12-14H2,1H3. The van der Waals surface area contributed by atoms with Gasteiger partial charge in [-0.15, -0.1) is 11.3 Å². The van der Waals surface area contributed by atoms with Crippen molar-refractivity contribution in [3.8, 4) is 0 Å². The third-order valence-corrected chi connectivity index (χ3v) is 6.14. The van der Waals surface area contributed by atoms with Gasteiger partial charge < -0.3 is 19.8 Å². The number of likely N-dealkylation sites (tertiary alicyclic amines) is 1. The number of carbonyl (C=O) groups excluding carboxylic acids is 1. The monoisotopic (exact) mass is 363 g/mol. The average molecular weight is 364 g/mol. The summed E-state index contributed by atoms with van der Waals surface area (Å²) in [6, 6.07) is 1.93. The van der Waals surface area contributed by atoms with Gasteiger partial charge >= 0.3 is 0 Å². The van der Waals surface area contributed by atoms with Crippen molar-refractivity contribution in [1.82, 2.24) is 14.7 Å². The molecule has 1 aromatic heterocycles. The van der Waals surface area contributed by atoms with Gasteiger partial charge in [-0.1, -0.05) is 0 Å². The number of hydrogen-bond acceptors (Lipinski definition) is 5. The van der Waals surface area contributed by atoms with Crippen molar-refractivity contribution < 1.29 is 9.90 Å². The molecule has 25 heavy (non-hydrogen) atoms. The maximum absolute atomic E-state index is 12.5. The number of aliphatic hydroxyl groups is 1. The molecule has 1 unspecified atom stereocenters. The third-order valence-electron chi connectivity index (χ3n) is 5.19. The Balaban J connectivity index is 1.49. The second kappa shape index (κ2) is 8.94. The zero-order chi connectivity index (χ0) is 17.6. The first-order chi connectivity index (χ1) is 12.1. The van der Waals surface area contributed by atoms with E-state index in [2.05, 4.69) is 16.8 Å². The lowest BCUT2D eigenvalue weighted by Gasteiger charge is -2.38. The van der Waals surface area contributed by atoms with Crippen LogP contribution in [0.4, 0.5) is 0 Å². The maximum Gasteiger partial charge on any atom is 0.246 e. The largest absolute Gasteiger partial charge is 0.392 e. The number of likely N-dealkylation sites (N-methyl/N-ethyl adjacent to an activating group) is 1. The Hall–Kier alpha value is -1.21. The van der Waals surface area contributed by atoms with Crippen molar-refractivity contribution in [2.45, 2.75) is 19.4 Å². The number of piperidine rings is 1. The highest BCUT2D eigenvalue weighted by atomic mass is 32.1. The molecule has 0 spiro atoms. The van der Waals surface area contributed by atoms with Gasteiger partial charge in [-0.05, 0) is 48.9 Å². The molecule has 0 bridgehead atoms. The van der Waals surface area contributed by atoms with E-state index in [0.717, 1.165) is 62.7 Å². The van der Waals surface area contributed by atoms with Crippen LogP contribution in [-0.4, -0.2) is 78.6 Å². The number of hydrogen-bond donors (Lipinski definition) is 1. The Kier molecular flexibility index (Phi) is 6.64. The maximum atomic E-state index is 12.5. The Morgan fingerprint density at radius 1 is 1.32 bits per heavy atom. The number of amides is 1. The summed E-state index contributed by atoms with van der Waals surface area (Å²) in [7, 11) is 2.18. The molecule has 138 valence electrons. The van der Waals surface area contributed by atoms with Crippen LogP contribution in [0.1, 0.15) is 23.3 Å². The molecule has 1 atom stereocenters. The fraction of sp³-hybridized carbons (Fsp3) is 0.632. The van der Waals surface area contributed by atoms with Crippen LogP contribution in [0, 0.1) is 5.92 Å². The molecule has 3 heterocycles. The fourth-order valence-corrected chi connectivity index (χ4v) is 4.43. The van der Waals surface area contributed by atoms with Crippen LogP contribution in [0.15, 0.2) is 17.5 Å². The van der Waals surface area contributed by atoms with E-state index in [1.165, 1.54) is 6.42 Å². The zero-order valence-corrected chi connectivity index (χ0v) is 15.9. The minimum absolute atomic E-state index is 0.0540. The first kappa shape index (κ1) is 18.6. The van der Waals surface area contributed by atoms with E-state index >= 15 is 0 Å². The van der Waals surface area contributed by atoms with Crippen molar-refractivity contribution in [2.24, 2.45) is 5.92 Å². The van der Waals surface area contributed by atoms with Crippen LogP contribution in [0.25, 0.3) is 6.08 Å². The molecule has 2 aliphatic heterocycles. The van der Waals surface area contributed by atoms with Gasteiger partial charge in [-0.25, -0.2) is 0 Å². The van der Waals surface area contributed by atoms with Crippen molar-refractivity contribution in [2.75, 3.05) is 52.9 Å².